The topological polar surface area (TPSA) is 113 Å². The quantitative estimate of drug-likeness (QED) is 0.582. The van der Waals surface area contributed by atoms with E-state index in [0.29, 0.717) is 12.5 Å². The van der Waals surface area contributed by atoms with Gasteiger partial charge in [0.1, 0.15) is 0 Å². The third kappa shape index (κ3) is 6.22. The number of fused-ring (bicyclic) bond motifs is 4. The Labute approximate surface area is 226 Å². The zero-order valence-electron chi connectivity index (χ0n) is 21.9. The largest absolute Gasteiger partial charge is 0.465 e. The summed E-state index contributed by atoms with van der Waals surface area (Å²) in [5.41, 5.74) is 4.98. The summed E-state index contributed by atoms with van der Waals surface area (Å²) in [4.78, 5) is 16.3. The Morgan fingerprint density at radius 2 is 1.50 bits per heavy atom. The molecule has 38 heavy (non-hydrogen) atoms. The van der Waals surface area contributed by atoms with Crippen LogP contribution in [-0.4, -0.2) is 61.7 Å². The maximum atomic E-state index is 12.1. The third-order valence-corrected chi connectivity index (χ3v) is 9.24. The van der Waals surface area contributed by atoms with E-state index in [2.05, 4.69) is 51.5 Å². The number of nitrogens with zero attached hydrogens (tertiary/aromatic N) is 2. The predicted molar refractivity (Wildman–Crippen MR) is 146 cm³/mol. The van der Waals surface area contributed by atoms with Gasteiger partial charge in [-0.2, -0.15) is 8.42 Å². The molecule has 1 saturated carbocycles. The van der Waals surface area contributed by atoms with Crippen LogP contribution in [-0.2, 0) is 20.9 Å². The van der Waals surface area contributed by atoms with Gasteiger partial charge in [0.05, 0.1) is 12.1 Å². The summed E-state index contributed by atoms with van der Waals surface area (Å²) in [5.74, 6) is 1.25. The molecule has 0 radical (unpaired) electrons. The van der Waals surface area contributed by atoms with E-state index in [1.165, 1.54) is 49.0 Å². The maximum Gasteiger partial charge on any atom is 0.408 e. The molecule has 4 fully saturated rings. The molecule has 1 aliphatic carbocycles. The number of amides is 1. The molecule has 9 heteroatoms. The van der Waals surface area contributed by atoms with Crippen LogP contribution in [0.3, 0.4) is 0 Å². The van der Waals surface area contributed by atoms with E-state index in [0.717, 1.165) is 50.1 Å². The average molecular weight is 542 g/mol. The average Bonchev–Trinajstić information content (AvgIpc) is 2.93. The highest BCUT2D eigenvalue weighted by atomic mass is 32.2. The van der Waals surface area contributed by atoms with Crippen molar-refractivity contribution in [2.75, 3.05) is 26.2 Å². The van der Waals surface area contributed by atoms with Crippen molar-refractivity contribution >= 4 is 16.4 Å². The lowest BCUT2D eigenvalue weighted by Crippen LogP contribution is -2.47. The van der Waals surface area contributed by atoms with Crippen molar-refractivity contribution < 1.29 is 22.5 Å². The van der Waals surface area contributed by atoms with Gasteiger partial charge in [-0.15, -0.1) is 0 Å². The van der Waals surface area contributed by atoms with Crippen molar-refractivity contribution in [2.24, 2.45) is 11.1 Å². The first-order valence-corrected chi connectivity index (χ1v) is 15.4. The minimum absolute atomic E-state index is 0.168. The summed E-state index contributed by atoms with van der Waals surface area (Å²) in [6, 6.07) is 16.8. The van der Waals surface area contributed by atoms with E-state index in [1.54, 1.807) is 4.90 Å². The molecule has 3 saturated heterocycles. The Bertz CT molecular complexity index is 1220. The van der Waals surface area contributed by atoms with Crippen molar-refractivity contribution in [3.8, 4) is 0 Å². The molecule has 2 aromatic carbocycles. The molecular formula is C29H39N3O5S. The van der Waals surface area contributed by atoms with Crippen LogP contribution in [0.5, 0.6) is 0 Å². The number of benzene rings is 2. The highest BCUT2D eigenvalue weighted by Gasteiger charge is 2.39. The van der Waals surface area contributed by atoms with Crippen molar-refractivity contribution in [3.63, 3.8) is 0 Å². The molecule has 2 bridgehead atoms. The minimum atomic E-state index is -3.72. The second kappa shape index (κ2) is 11.7. The van der Waals surface area contributed by atoms with Crippen LogP contribution in [0.25, 0.3) is 0 Å². The minimum Gasteiger partial charge on any atom is -0.465 e. The first-order valence-electron chi connectivity index (χ1n) is 13.9. The molecule has 4 aliphatic heterocycles. The summed E-state index contributed by atoms with van der Waals surface area (Å²) in [6.45, 7) is 4.11. The lowest BCUT2D eigenvalue weighted by Gasteiger charge is -2.46. The van der Waals surface area contributed by atoms with Crippen LogP contribution in [0.15, 0.2) is 48.5 Å². The molecule has 5 aliphatic rings. The van der Waals surface area contributed by atoms with Gasteiger partial charge in [-0.25, -0.2) is 9.93 Å². The highest BCUT2D eigenvalue weighted by Crippen LogP contribution is 2.44. The van der Waals surface area contributed by atoms with Gasteiger partial charge < -0.3 is 10.0 Å². The van der Waals surface area contributed by atoms with Gasteiger partial charge in [0, 0.05) is 13.1 Å². The van der Waals surface area contributed by atoms with Gasteiger partial charge in [0.25, 0.3) is 0 Å². The smallest absolute Gasteiger partial charge is 0.408 e. The fourth-order valence-electron chi connectivity index (χ4n) is 6.87. The summed E-state index contributed by atoms with van der Waals surface area (Å²) in [6.07, 6.45) is 7.22. The SMILES string of the molecule is NS(=O)(=O)OC1CCCCC1.O=C(O)N1CCc2ccccc2[C@@H]1c1ccccc1C1CN2CCC1CC2. The molecule has 1 unspecified atom stereocenters. The van der Waals surface area contributed by atoms with Crippen LogP contribution in [0.2, 0.25) is 0 Å². The zero-order valence-corrected chi connectivity index (χ0v) is 22.7. The third-order valence-electron chi connectivity index (χ3n) is 8.70. The molecule has 1 amide bonds. The molecule has 2 atom stereocenters. The molecule has 7 rings (SSSR count). The number of piperidine rings is 3. The van der Waals surface area contributed by atoms with Crippen LogP contribution < -0.4 is 5.14 Å². The first-order chi connectivity index (χ1) is 18.3. The number of rotatable bonds is 4. The number of carbonyl (C=O) groups is 1. The summed E-state index contributed by atoms with van der Waals surface area (Å²) in [7, 11) is -3.72. The normalized spacial score (nSPS) is 27.2. The molecular weight excluding hydrogens is 502 g/mol. The molecule has 8 nitrogen and oxygen atoms in total. The van der Waals surface area contributed by atoms with E-state index < -0.39 is 16.4 Å². The van der Waals surface area contributed by atoms with Crippen molar-refractivity contribution in [1.82, 2.24) is 9.80 Å². The summed E-state index contributed by atoms with van der Waals surface area (Å²) >= 11 is 0. The number of nitrogens with two attached hydrogens (primary N) is 1. The predicted octanol–water partition coefficient (Wildman–Crippen LogP) is 4.66. The van der Waals surface area contributed by atoms with Gasteiger partial charge in [0.15, 0.2) is 0 Å². The second-order valence-electron chi connectivity index (χ2n) is 11.0. The van der Waals surface area contributed by atoms with Gasteiger partial charge in [-0.05, 0) is 79.3 Å². The highest BCUT2D eigenvalue weighted by molar-refractivity contribution is 7.84. The van der Waals surface area contributed by atoms with Gasteiger partial charge in [-0.1, -0.05) is 67.8 Å². The van der Waals surface area contributed by atoms with E-state index >= 15 is 0 Å². The molecule has 3 N–H and O–H groups in total. The molecule has 2 aromatic rings. The molecule has 4 heterocycles. The van der Waals surface area contributed by atoms with Gasteiger partial charge in [0.2, 0.25) is 0 Å². The van der Waals surface area contributed by atoms with Gasteiger partial charge in [-0.3, -0.25) is 9.08 Å². The Kier molecular flexibility index (Phi) is 8.38. The Hall–Kier alpha value is -2.46. The van der Waals surface area contributed by atoms with E-state index in [-0.39, 0.29) is 12.1 Å². The van der Waals surface area contributed by atoms with Gasteiger partial charge >= 0.3 is 16.4 Å². The van der Waals surface area contributed by atoms with Crippen molar-refractivity contribution in [1.29, 1.82) is 0 Å². The maximum absolute atomic E-state index is 12.1. The molecule has 0 spiro atoms. The first kappa shape index (κ1) is 27.1. The van der Waals surface area contributed by atoms with E-state index in [1.807, 2.05) is 6.07 Å². The second-order valence-corrected chi connectivity index (χ2v) is 12.2. The van der Waals surface area contributed by atoms with Crippen LogP contribution in [0, 0.1) is 5.92 Å². The zero-order chi connectivity index (χ0) is 26.7. The van der Waals surface area contributed by atoms with E-state index in [4.69, 9.17) is 5.14 Å². The van der Waals surface area contributed by atoms with Crippen molar-refractivity contribution in [2.45, 2.75) is 69.4 Å². The lowest BCUT2D eigenvalue weighted by molar-refractivity contribution is 0.0857. The number of hydrogen-bond donors (Lipinski definition) is 2. The Morgan fingerprint density at radius 3 is 2.11 bits per heavy atom. The molecule has 0 aromatic heterocycles. The monoisotopic (exact) mass is 541 g/mol. The Morgan fingerprint density at radius 1 is 0.868 bits per heavy atom. The number of hydrogen-bond acceptors (Lipinski definition) is 5. The van der Waals surface area contributed by atoms with Crippen molar-refractivity contribution in [3.05, 3.63) is 70.8 Å². The molecule has 206 valence electrons. The summed E-state index contributed by atoms with van der Waals surface area (Å²) < 4.78 is 25.5. The van der Waals surface area contributed by atoms with Crippen LogP contribution >= 0.6 is 0 Å². The standard InChI is InChI=1S/C23H26N2O2.C6H13NO3S/c26-23(27)25-14-11-16-5-1-2-6-18(16)22(25)20-8-4-3-7-19(20)21-15-24-12-9-17(21)10-13-24;7-11(8,9)10-6-4-2-1-3-5-6/h1-8,17,21-22H,9-15H2,(H,26,27);6H,1-5H2,(H2,7,8,9)/t21?,22-;/m1./s1. The number of carboxylic acid groups (broad SMARTS) is 1. The summed E-state index contributed by atoms with van der Waals surface area (Å²) in [5, 5.41) is 14.6. The van der Waals surface area contributed by atoms with E-state index in [9.17, 15) is 18.3 Å². The van der Waals surface area contributed by atoms with Crippen LogP contribution in [0.1, 0.15) is 79.2 Å². The Balaban J connectivity index is 0.000000226. The van der Waals surface area contributed by atoms with Crippen LogP contribution in [0.4, 0.5) is 4.79 Å². The fourth-order valence-corrected chi connectivity index (χ4v) is 7.45. The lowest BCUT2D eigenvalue weighted by atomic mass is 9.72. The fraction of sp³-hybridized carbons (Fsp3) is 0.552.